The monoisotopic (exact) mass is 500 g/mol. The first-order chi connectivity index (χ1) is 15.6. The first-order valence-electron chi connectivity index (χ1n) is 12.2. The van der Waals surface area contributed by atoms with Gasteiger partial charge in [-0.25, -0.2) is 0 Å². The molecule has 0 aliphatic carbocycles. The molecular weight excluding hydrogens is 456 g/mol. The number of fused-ring (bicyclic) bond motifs is 1. The number of ether oxygens (including phenoxy) is 2. The van der Waals surface area contributed by atoms with Gasteiger partial charge in [-0.3, -0.25) is 0 Å². The van der Waals surface area contributed by atoms with Crippen molar-refractivity contribution in [2.75, 3.05) is 0 Å². The van der Waals surface area contributed by atoms with E-state index in [1.54, 1.807) is 0 Å². The quantitative estimate of drug-likeness (QED) is 0.218. The number of rotatable bonds is 12. The molecule has 0 bridgehead atoms. The minimum absolute atomic E-state index is 0.00487. The van der Waals surface area contributed by atoms with Crippen LogP contribution in [0.3, 0.4) is 0 Å². The molecule has 2 aromatic carbocycles. The molecule has 0 aliphatic rings. The van der Waals surface area contributed by atoms with Gasteiger partial charge in [0, 0.05) is 11.1 Å². The van der Waals surface area contributed by atoms with Crippen LogP contribution in [0.15, 0.2) is 49.6 Å². The molecule has 0 unspecified atom stereocenters. The topological polar surface area (TPSA) is 36.9 Å². The highest BCUT2D eigenvalue weighted by atomic mass is 28.4. The Labute approximate surface area is 209 Å². The van der Waals surface area contributed by atoms with E-state index in [9.17, 15) is 0 Å². The second-order valence-corrected chi connectivity index (χ2v) is 20.1. The van der Waals surface area contributed by atoms with Gasteiger partial charge in [0.2, 0.25) is 0 Å². The van der Waals surface area contributed by atoms with Crippen molar-refractivity contribution in [2.45, 2.75) is 91.4 Å². The first kappa shape index (κ1) is 28.4. The molecule has 6 heteroatoms. The molecule has 4 atom stereocenters. The average Bonchev–Trinajstić information content (AvgIpc) is 2.70. The summed E-state index contributed by atoms with van der Waals surface area (Å²) in [5.41, 5.74) is 1.91. The fourth-order valence-corrected chi connectivity index (χ4v) is 6.29. The molecule has 0 fully saturated rings. The van der Waals surface area contributed by atoms with Gasteiger partial charge in [0.05, 0.1) is 12.2 Å². The molecule has 188 valence electrons. The minimum Gasteiger partial charge on any atom is -0.488 e. The summed E-state index contributed by atoms with van der Waals surface area (Å²) in [6.07, 6.45) is -0.164. The SMILES string of the molecule is C=C(O[C@H](C)[C@H](C)O[Si](C)(C)C)c1ccc2ccc(C(=C)O[C@H](C)[C@@H](C)O[Si](C)(C)C)cc2c1. The van der Waals surface area contributed by atoms with Crippen molar-refractivity contribution < 1.29 is 18.3 Å². The predicted octanol–water partition coefficient (Wildman–Crippen LogP) is 8.07. The van der Waals surface area contributed by atoms with E-state index in [0.717, 1.165) is 21.9 Å². The van der Waals surface area contributed by atoms with Crippen molar-refractivity contribution in [1.82, 2.24) is 0 Å². The lowest BCUT2D eigenvalue weighted by molar-refractivity contribution is 0.0546. The van der Waals surface area contributed by atoms with Crippen LogP contribution in [0.25, 0.3) is 22.3 Å². The van der Waals surface area contributed by atoms with Crippen LogP contribution >= 0.6 is 0 Å². The summed E-state index contributed by atoms with van der Waals surface area (Å²) in [7, 11) is -3.27. The third kappa shape index (κ3) is 8.73. The molecule has 0 saturated heterocycles. The Morgan fingerprint density at radius 2 is 0.941 bits per heavy atom. The zero-order chi connectivity index (χ0) is 25.8. The van der Waals surface area contributed by atoms with Crippen molar-refractivity contribution in [3.8, 4) is 0 Å². The van der Waals surface area contributed by atoms with E-state index >= 15 is 0 Å². The second kappa shape index (κ2) is 11.2. The van der Waals surface area contributed by atoms with E-state index in [4.69, 9.17) is 18.3 Å². The highest BCUT2D eigenvalue weighted by molar-refractivity contribution is 6.70. The second-order valence-electron chi connectivity index (χ2n) is 11.1. The van der Waals surface area contributed by atoms with Crippen LogP contribution in [0.1, 0.15) is 38.8 Å². The summed E-state index contributed by atoms with van der Waals surface area (Å²) in [5.74, 6) is 1.29. The van der Waals surface area contributed by atoms with E-state index in [0.29, 0.717) is 11.5 Å². The fourth-order valence-electron chi connectivity index (χ4n) is 3.68. The molecule has 0 saturated carbocycles. The van der Waals surface area contributed by atoms with Crippen LogP contribution in [0.2, 0.25) is 39.3 Å². The maximum Gasteiger partial charge on any atom is 0.184 e. The molecule has 0 N–H and O–H groups in total. The van der Waals surface area contributed by atoms with Gasteiger partial charge >= 0.3 is 0 Å². The molecule has 0 spiro atoms. The van der Waals surface area contributed by atoms with Gasteiger partial charge in [-0.15, -0.1) is 0 Å². The fraction of sp³-hybridized carbons (Fsp3) is 0.500. The minimum atomic E-state index is -1.63. The summed E-state index contributed by atoms with van der Waals surface area (Å²) >= 11 is 0. The number of hydrogen-bond donors (Lipinski definition) is 0. The maximum absolute atomic E-state index is 6.17. The van der Waals surface area contributed by atoms with Crippen molar-refractivity contribution in [3.05, 3.63) is 60.7 Å². The van der Waals surface area contributed by atoms with Crippen LogP contribution in [-0.4, -0.2) is 41.1 Å². The molecule has 0 radical (unpaired) electrons. The van der Waals surface area contributed by atoms with Crippen LogP contribution < -0.4 is 0 Å². The Balaban J connectivity index is 2.13. The van der Waals surface area contributed by atoms with Gasteiger partial charge in [0.15, 0.2) is 16.6 Å². The van der Waals surface area contributed by atoms with Crippen molar-refractivity contribution in [1.29, 1.82) is 0 Å². The zero-order valence-corrected chi connectivity index (χ0v) is 24.8. The highest BCUT2D eigenvalue weighted by Crippen LogP contribution is 2.27. The van der Waals surface area contributed by atoms with E-state index in [-0.39, 0.29) is 24.4 Å². The highest BCUT2D eigenvalue weighted by Gasteiger charge is 2.25. The third-order valence-corrected chi connectivity index (χ3v) is 7.70. The van der Waals surface area contributed by atoms with E-state index in [1.807, 2.05) is 26.0 Å². The molecule has 4 nitrogen and oxygen atoms in total. The predicted molar refractivity (Wildman–Crippen MR) is 151 cm³/mol. The normalized spacial score (nSPS) is 15.9. The summed E-state index contributed by atoms with van der Waals surface area (Å²) in [6.45, 7) is 29.6. The molecule has 0 heterocycles. The number of hydrogen-bond acceptors (Lipinski definition) is 4. The zero-order valence-electron chi connectivity index (χ0n) is 22.8. The Morgan fingerprint density at radius 1 is 0.588 bits per heavy atom. The Morgan fingerprint density at radius 3 is 1.26 bits per heavy atom. The summed E-state index contributed by atoms with van der Waals surface area (Å²) in [5, 5.41) is 2.22. The Bertz CT molecular complexity index is 927. The average molecular weight is 501 g/mol. The van der Waals surface area contributed by atoms with E-state index in [1.165, 1.54) is 0 Å². The molecule has 2 aromatic rings. The van der Waals surface area contributed by atoms with E-state index in [2.05, 4.69) is 90.6 Å². The third-order valence-electron chi connectivity index (χ3n) is 5.54. The molecule has 0 amide bonds. The number of benzene rings is 2. The molecular formula is C28H44O4Si2. The van der Waals surface area contributed by atoms with Gasteiger partial charge in [0.1, 0.15) is 23.7 Å². The van der Waals surface area contributed by atoms with Gasteiger partial charge in [-0.2, -0.15) is 0 Å². The molecule has 2 rings (SSSR count). The van der Waals surface area contributed by atoms with E-state index < -0.39 is 16.6 Å². The summed E-state index contributed by atoms with van der Waals surface area (Å²) in [4.78, 5) is 0. The van der Waals surface area contributed by atoms with Crippen LogP contribution in [0.4, 0.5) is 0 Å². The van der Waals surface area contributed by atoms with Crippen LogP contribution in [0, 0.1) is 0 Å². The van der Waals surface area contributed by atoms with Crippen molar-refractivity contribution in [2.24, 2.45) is 0 Å². The van der Waals surface area contributed by atoms with Crippen molar-refractivity contribution >= 4 is 38.9 Å². The first-order valence-corrected chi connectivity index (χ1v) is 19.0. The summed E-state index contributed by atoms with van der Waals surface area (Å²) in [6, 6.07) is 12.5. The smallest absolute Gasteiger partial charge is 0.184 e. The van der Waals surface area contributed by atoms with Gasteiger partial charge in [0.25, 0.3) is 0 Å². The van der Waals surface area contributed by atoms with Gasteiger partial charge in [-0.1, -0.05) is 37.4 Å². The lowest BCUT2D eigenvalue weighted by atomic mass is 10.0. The summed E-state index contributed by atoms with van der Waals surface area (Å²) < 4.78 is 24.6. The maximum atomic E-state index is 6.17. The van der Waals surface area contributed by atoms with Crippen LogP contribution in [-0.2, 0) is 18.3 Å². The lowest BCUT2D eigenvalue weighted by Crippen LogP contribution is -2.36. The lowest BCUT2D eigenvalue weighted by Gasteiger charge is -2.29. The molecule has 0 aromatic heterocycles. The van der Waals surface area contributed by atoms with Crippen molar-refractivity contribution in [3.63, 3.8) is 0 Å². The Hall–Kier alpha value is -1.87. The Kier molecular flexibility index (Phi) is 9.39. The van der Waals surface area contributed by atoms with Gasteiger partial charge in [-0.05, 0) is 89.9 Å². The van der Waals surface area contributed by atoms with Gasteiger partial charge < -0.3 is 18.3 Å². The molecule has 0 aliphatic heterocycles. The van der Waals surface area contributed by atoms with Crippen LogP contribution in [0.5, 0.6) is 0 Å². The standard InChI is InChI=1S/C28H44O4Si2/c1-19(21(3)31-33(7,8)9)29-23(5)26-15-13-25-14-16-27(18-28(25)17-26)24(6)30-20(2)22(4)32-34(10,11)12/h13-22H,5-6H2,1-4,7-12H3/t19-,20-,21-,22+/m1/s1. The molecule has 34 heavy (non-hydrogen) atoms. The largest absolute Gasteiger partial charge is 0.488 e.